The van der Waals surface area contributed by atoms with E-state index >= 15 is 0 Å². The molecule has 2 rings (SSSR count). The zero-order chi connectivity index (χ0) is 11.7. The molecule has 0 unspecified atom stereocenters. The predicted octanol–water partition coefficient (Wildman–Crippen LogP) is 2.66. The van der Waals surface area contributed by atoms with Gasteiger partial charge in [-0.3, -0.25) is 4.79 Å². The Morgan fingerprint density at radius 2 is 2.00 bits per heavy atom. The van der Waals surface area contributed by atoms with Gasteiger partial charge in [-0.25, -0.2) is 4.79 Å². The van der Waals surface area contributed by atoms with Crippen LogP contribution in [0.2, 0.25) is 0 Å². The molecule has 0 spiro atoms. The molecule has 80 valence electrons. The van der Waals surface area contributed by atoms with Crippen LogP contribution in [0.1, 0.15) is 26.3 Å². The number of aldehydes is 1. The van der Waals surface area contributed by atoms with Crippen LogP contribution in [0.5, 0.6) is 0 Å². The van der Waals surface area contributed by atoms with E-state index in [2.05, 4.69) is 0 Å². The standard InChI is InChI=1S/C13H10O3/c1-8-11(13(15)16)6-9-4-2-3-5-10(9)12(8)7-14/h2-7H,1H3,(H,15,16). The van der Waals surface area contributed by atoms with Gasteiger partial charge in [-0.15, -0.1) is 0 Å². The molecule has 0 aromatic heterocycles. The number of carboxylic acids is 1. The Morgan fingerprint density at radius 3 is 2.62 bits per heavy atom. The van der Waals surface area contributed by atoms with Crippen molar-refractivity contribution in [1.82, 2.24) is 0 Å². The molecule has 1 N–H and O–H groups in total. The summed E-state index contributed by atoms with van der Waals surface area (Å²) in [7, 11) is 0. The highest BCUT2D eigenvalue weighted by Crippen LogP contribution is 2.24. The minimum atomic E-state index is -1.01. The lowest BCUT2D eigenvalue weighted by atomic mass is 9.96. The van der Waals surface area contributed by atoms with Gasteiger partial charge in [0.15, 0.2) is 6.29 Å². The molecule has 3 heteroatoms. The summed E-state index contributed by atoms with van der Waals surface area (Å²) in [5, 5.41) is 10.6. The summed E-state index contributed by atoms with van der Waals surface area (Å²) in [6, 6.07) is 8.86. The van der Waals surface area contributed by atoms with E-state index in [1.54, 1.807) is 19.1 Å². The van der Waals surface area contributed by atoms with Gasteiger partial charge in [0.2, 0.25) is 0 Å². The van der Waals surface area contributed by atoms with Gasteiger partial charge in [-0.05, 0) is 29.3 Å². The Balaban J connectivity index is 2.93. The Morgan fingerprint density at radius 1 is 1.31 bits per heavy atom. The van der Waals surface area contributed by atoms with Crippen LogP contribution in [-0.2, 0) is 0 Å². The van der Waals surface area contributed by atoms with Crippen LogP contribution in [0, 0.1) is 6.92 Å². The monoisotopic (exact) mass is 214 g/mol. The van der Waals surface area contributed by atoms with E-state index in [0.717, 1.165) is 10.8 Å². The van der Waals surface area contributed by atoms with Gasteiger partial charge in [0.05, 0.1) is 5.56 Å². The summed E-state index contributed by atoms with van der Waals surface area (Å²) < 4.78 is 0. The normalized spacial score (nSPS) is 10.3. The molecular weight excluding hydrogens is 204 g/mol. The Kier molecular flexibility index (Phi) is 2.44. The largest absolute Gasteiger partial charge is 0.478 e. The van der Waals surface area contributed by atoms with Crippen LogP contribution in [-0.4, -0.2) is 17.4 Å². The topological polar surface area (TPSA) is 54.4 Å². The van der Waals surface area contributed by atoms with Crippen molar-refractivity contribution in [1.29, 1.82) is 0 Å². The van der Waals surface area contributed by atoms with Crippen molar-refractivity contribution in [2.24, 2.45) is 0 Å². The van der Waals surface area contributed by atoms with E-state index in [4.69, 9.17) is 5.11 Å². The fourth-order valence-corrected chi connectivity index (χ4v) is 1.85. The molecule has 0 radical (unpaired) electrons. The number of carbonyl (C=O) groups is 2. The Hall–Kier alpha value is -2.16. The van der Waals surface area contributed by atoms with Crippen molar-refractivity contribution in [3.05, 3.63) is 47.0 Å². The first-order valence-corrected chi connectivity index (χ1v) is 4.86. The molecule has 0 aliphatic heterocycles. The summed E-state index contributed by atoms with van der Waals surface area (Å²) in [6.07, 6.45) is 0.712. The van der Waals surface area contributed by atoms with E-state index in [9.17, 15) is 9.59 Å². The van der Waals surface area contributed by atoms with Crippen LogP contribution >= 0.6 is 0 Å². The summed E-state index contributed by atoms with van der Waals surface area (Å²) >= 11 is 0. The molecule has 0 saturated carbocycles. The number of benzene rings is 2. The van der Waals surface area contributed by atoms with Gasteiger partial charge < -0.3 is 5.11 Å². The summed E-state index contributed by atoms with van der Waals surface area (Å²) in [5.41, 5.74) is 1.15. The maximum absolute atomic E-state index is 11.0. The van der Waals surface area contributed by atoms with E-state index in [1.807, 2.05) is 18.2 Å². The molecular formula is C13H10O3. The highest BCUT2D eigenvalue weighted by Gasteiger charge is 2.13. The second-order valence-corrected chi connectivity index (χ2v) is 3.61. The van der Waals surface area contributed by atoms with E-state index < -0.39 is 5.97 Å². The van der Waals surface area contributed by atoms with Crippen LogP contribution in [0.3, 0.4) is 0 Å². The predicted molar refractivity (Wildman–Crippen MR) is 61.0 cm³/mol. The van der Waals surface area contributed by atoms with Gasteiger partial charge in [0.25, 0.3) is 0 Å². The van der Waals surface area contributed by atoms with Gasteiger partial charge in [0, 0.05) is 5.56 Å². The highest BCUT2D eigenvalue weighted by atomic mass is 16.4. The molecule has 0 atom stereocenters. The third-order valence-corrected chi connectivity index (χ3v) is 2.71. The van der Waals surface area contributed by atoms with Gasteiger partial charge in [-0.2, -0.15) is 0 Å². The zero-order valence-electron chi connectivity index (χ0n) is 8.73. The first-order chi connectivity index (χ1) is 7.65. The molecule has 16 heavy (non-hydrogen) atoms. The molecule has 0 fully saturated rings. The van der Waals surface area contributed by atoms with E-state index in [1.165, 1.54) is 0 Å². The molecule has 2 aromatic carbocycles. The second kappa shape index (κ2) is 3.77. The second-order valence-electron chi connectivity index (χ2n) is 3.61. The van der Waals surface area contributed by atoms with Crippen LogP contribution in [0.25, 0.3) is 10.8 Å². The van der Waals surface area contributed by atoms with Crippen molar-refractivity contribution >= 4 is 23.0 Å². The summed E-state index contributed by atoms with van der Waals surface area (Å²) in [6.45, 7) is 1.65. The number of carbonyl (C=O) groups excluding carboxylic acids is 1. The number of rotatable bonds is 2. The van der Waals surface area contributed by atoms with Crippen LogP contribution in [0.4, 0.5) is 0 Å². The van der Waals surface area contributed by atoms with Gasteiger partial charge in [-0.1, -0.05) is 24.3 Å². The molecule has 0 bridgehead atoms. The molecule has 0 amide bonds. The number of hydrogen-bond acceptors (Lipinski definition) is 2. The fraction of sp³-hybridized carbons (Fsp3) is 0.0769. The first kappa shape index (κ1) is 10.4. The number of hydrogen-bond donors (Lipinski definition) is 1. The van der Waals surface area contributed by atoms with Gasteiger partial charge >= 0.3 is 5.97 Å². The Bertz CT molecular complexity index is 585. The van der Waals surface area contributed by atoms with Crippen molar-refractivity contribution in [3.8, 4) is 0 Å². The lowest BCUT2D eigenvalue weighted by Crippen LogP contribution is -2.03. The SMILES string of the molecule is Cc1c(C(=O)O)cc2ccccc2c1C=O. The minimum absolute atomic E-state index is 0.181. The first-order valence-electron chi connectivity index (χ1n) is 4.86. The Labute approximate surface area is 92.3 Å². The van der Waals surface area contributed by atoms with Gasteiger partial charge in [0.1, 0.15) is 0 Å². The average Bonchev–Trinajstić information content (AvgIpc) is 2.28. The van der Waals surface area contributed by atoms with Crippen LogP contribution < -0.4 is 0 Å². The smallest absolute Gasteiger partial charge is 0.335 e. The third-order valence-electron chi connectivity index (χ3n) is 2.71. The molecule has 0 aliphatic carbocycles. The van der Waals surface area contributed by atoms with Crippen molar-refractivity contribution in [2.75, 3.05) is 0 Å². The molecule has 0 saturated heterocycles. The van der Waals surface area contributed by atoms with Crippen molar-refractivity contribution in [2.45, 2.75) is 6.92 Å². The summed E-state index contributed by atoms with van der Waals surface area (Å²) in [4.78, 5) is 22.0. The molecule has 0 aliphatic rings. The number of aromatic carboxylic acids is 1. The lowest BCUT2D eigenvalue weighted by molar-refractivity contribution is 0.0696. The minimum Gasteiger partial charge on any atom is -0.478 e. The molecule has 3 nitrogen and oxygen atoms in total. The zero-order valence-corrected chi connectivity index (χ0v) is 8.73. The third kappa shape index (κ3) is 1.46. The lowest BCUT2D eigenvalue weighted by Gasteiger charge is -2.08. The maximum atomic E-state index is 11.0. The van der Waals surface area contributed by atoms with E-state index in [-0.39, 0.29) is 5.56 Å². The number of carboxylic acid groups (broad SMARTS) is 1. The fourth-order valence-electron chi connectivity index (χ4n) is 1.85. The van der Waals surface area contributed by atoms with Crippen molar-refractivity contribution in [3.63, 3.8) is 0 Å². The maximum Gasteiger partial charge on any atom is 0.335 e. The number of fused-ring (bicyclic) bond motifs is 1. The molecule has 0 heterocycles. The average molecular weight is 214 g/mol. The summed E-state index contributed by atoms with van der Waals surface area (Å²) in [5.74, 6) is -1.01. The highest BCUT2D eigenvalue weighted by molar-refractivity contribution is 6.05. The van der Waals surface area contributed by atoms with Crippen LogP contribution in [0.15, 0.2) is 30.3 Å². The molecule has 2 aromatic rings. The van der Waals surface area contributed by atoms with Crippen molar-refractivity contribution < 1.29 is 14.7 Å². The van der Waals surface area contributed by atoms with E-state index in [0.29, 0.717) is 17.4 Å². The quantitative estimate of drug-likeness (QED) is 0.782.